The lowest BCUT2D eigenvalue weighted by atomic mass is 10.2. The Morgan fingerprint density at radius 3 is 1.61 bits per heavy atom. The Morgan fingerprint density at radius 2 is 0.929 bits per heavy atom. The lowest BCUT2D eigenvalue weighted by Crippen LogP contribution is -1.91. The molecule has 0 aromatic heterocycles. The van der Waals surface area contributed by atoms with Gasteiger partial charge in [-0.15, -0.1) is 0 Å². The summed E-state index contributed by atoms with van der Waals surface area (Å²) in [6.45, 7) is 2.04. The van der Waals surface area contributed by atoms with Gasteiger partial charge in [-0.2, -0.15) is 0 Å². The Labute approximate surface area is 164 Å². The number of ether oxygens (including phenoxy) is 3. The fourth-order valence-corrected chi connectivity index (χ4v) is 2.78. The summed E-state index contributed by atoms with van der Waals surface area (Å²) in [5, 5.41) is 0. The SMILES string of the molecule is Cc1cccc(Oc2cccc(Oc3ccccc3Oc3ccccc3)c2)c1. The molecule has 0 atom stereocenters. The molecule has 0 heterocycles. The van der Waals surface area contributed by atoms with Crippen molar-refractivity contribution in [3.8, 4) is 34.5 Å². The maximum absolute atomic E-state index is 6.08. The zero-order chi connectivity index (χ0) is 19.2. The molecule has 0 aliphatic heterocycles. The van der Waals surface area contributed by atoms with Crippen LogP contribution in [0.15, 0.2) is 103 Å². The normalized spacial score (nSPS) is 10.3. The van der Waals surface area contributed by atoms with E-state index in [2.05, 4.69) is 0 Å². The van der Waals surface area contributed by atoms with Crippen molar-refractivity contribution in [2.45, 2.75) is 6.92 Å². The average molecular weight is 368 g/mol. The van der Waals surface area contributed by atoms with Gasteiger partial charge in [-0.1, -0.05) is 48.5 Å². The third-order valence-corrected chi connectivity index (χ3v) is 4.08. The molecule has 0 aliphatic rings. The predicted molar refractivity (Wildman–Crippen MR) is 111 cm³/mol. The molecule has 0 aliphatic carbocycles. The molecule has 0 N–H and O–H groups in total. The highest BCUT2D eigenvalue weighted by atomic mass is 16.5. The molecule has 0 saturated heterocycles. The van der Waals surface area contributed by atoms with Gasteiger partial charge in [-0.05, 0) is 61.0 Å². The highest BCUT2D eigenvalue weighted by Crippen LogP contribution is 2.35. The van der Waals surface area contributed by atoms with E-state index < -0.39 is 0 Å². The van der Waals surface area contributed by atoms with Gasteiger partial charge in [0.2, 0.25) is 0 Å². The van der Waals surface area contributed by atoms with Crippen LogP contribution in [0, 0.1) is 6.92 Å². The molecule has 0 amide bonds. The van der Waals surface area contributed by atoms with Crippen LogP contribution >= 0.6 is 0 Å². The molecule has 0 fully saturated rings. The van der Waals surface area contributed by atoms with Crippen molar-refractivity contribution in [1.29, 1.82) is 0 Å². The van der Waals surface area contributed by atoms with Gasteiger partial charge in [0.25, 0.3) is 0 Å². The number of benzene rings is 4. The summed E-state index contributed by atoms with van der Waals surface area (Å²) in [4.78, 5) is 0. The number of rotatable bonds is 6. The van der Waals surface area contributed by atoms with Gasteiger partial charge >= 0.3 is 0 Å². The molecule has 0 unspecified atom stereocenters. The van der Waals surface area contributed by atoms with Crippen LogP contribution < -0.4 is 14.2 Å². The maximum atomic E-state index is 6.08. The molecule has 4 aromatic carbocycles. The highest BCUT2D eigenvalue weighted by molar-refractivity contribution is 5.46. The average Bonchev–Trinajstić information content (AvgIpc) is 2.71. The van der Waals surface area contributed by atoms with E-state index >= 15 is 0 Å². The quantitative estimate of drug-likeness (QED) is 0.355. The lowest BCUT2D eigenvalue weighted by molar-refractivity contribution is 0.415. The fraction of sp³-hybridized carbons (Fsp3) is 0.0400. The second-order valence-electron chi connectivity index (χ2n) is 6.36. The van der Waals surface area contributed by atoms with Crippen molar-refractivity contribution in [1.82, 2.24) is 0 Å². The van der Waals surface area contributed by atoms with Crippen molar-refractivity contribution in [3.63, 3.8) is 0 Å². The van der Waals surface area contributed by atoms with Gasteiger partial charge in [0, 0.05) is 6.07 Å². The van der Waals surface area contributed by atoms with Crippen LogP contribution in [0.25, 0.3) is 0 Å². The van der Waals surface area contributed by atoms with Crippen molar-refractivity contribution < 1.29 is 14.2 Å². The van der Waals surface area contributed by atoms with E-state index in [1.54, 1.807) is 0 Å². The zero-order valence-electron chi connectivity index (χ0n) is 15.5. The minimum absolute atomic E-state index is 0.638. The lowest BCUT2D eigenvalue weighted by Gasteiger charge is -2.13. The Balaban J connectivity index is 1.53. The molecular formula is C25H20O3. The Bertz CT molecular complexity index is 1060. The van der Waals surface area contributed by atoms with E-state index in [1.807, 2.05) is 110 Å². The number of para-hydroxylation sites is 3. The summed E-state index contributed by atoms with van der Waals surface area (Å²) >= 11 is 0. The van der Waals surface area contributed by atoms with E-state index in [9.17, 15) is 0 Å². The van der Waals surface area contributed by atoms with Crippen molar-refractivity contribution >= 4 is 0 Å². The van der Waals surface area contributed by atoms with Crippen LogP contribution in [0.5, 0.6) is 34.5 Å². The minimum Gasteiger partial charge on any atom is -0.457 e. The highest BCUT2D eigenvalue weighted by Gasteiger charge is 2.08. The molecule has 4 rings (SSSR count). The maximum Gasteiger partial charge on any atom is 0.169 e. The Kier molecular flexibility index (Phi) is 5.25. The monoisotopic (exact) mass is 368 g/mol. The van der Waals surface area contributed by atoms with Crippen molar-refractivity contribution in [3.05, 3.63) is 109 Å². The van der Waals surface area contributed by atoms with Crippen LogP contribution in [0.2, 0.25) is 0 Å². The van der Waals surface area contributed by atoms with Gasteiger partial charge in [0.1, 0.15) is 23.0 Å². The molecule has 138 valence electrons. The first-order valence-electron chi connectivity index (χ1n) is 9.11. The second kappa shape index (κ2) is 8.31. The molecule has 3 heteroatoms. The Morgan fingerprint density at radius 1 is 0.429 bits per heavy atom. The summed E-state index contributed by atoms with van der Waals surface area (Å²) in [7, 11) is 0. The summed E-state index contributed by atoms with van der Waals surface area (Å²) in [5.74, 6) is 4.23. The Hall–Kier alpha value is -3.72. The summed E-state index contributed by atoms with van der Waals surface area (Å²) in [6.07, 6.45) is 0. The van der Waals surface area contributed by atoms with E-state index in [0.29, 0.717) is 23.0 Å². The molecule has 3 nitrogen and oxygen atoms in total. The van der Waals surface area contributed by atoms with Gasteiger partial charge < -0.3 is 14.2 Å². The molecule has 0 saturated carbocycles. The molecular weight excluding hydrogens is 348 g/mol. The van der Waals surface area contributed by atoms with Crippen molar-refractivity contribution in [2.75, 3.05) is 0 Å². The van der Waals surface area contributed by atoms with Crippen LogP contribution in [0.4, 0.5) is 0 Å². The van der Waals surface area contributed by atoms with Crippen LogP contribution in [-0.2, 0) is 0 Å². The molecule has 0 bridgehead atoms. The van der Waals surface area contributed by atoms with Crippen LogP contribution in [0.1, 0.15) is 5.56 Å². The molecule has 28 heavy (non-hydrogen) atoms. The standard InChI is InChI=1S/C25H20O3/c1-19-9-7-12-21(17-19)26-22-13-8-14-23(18-22)28-25-16-6-5-15-24(25)27-20-10-3-2-4-11-20/h2-18H,1H3. The molecule has 4 aromatic rings. The third kappa shape index (κ3) is 4.51. The van der Waals surface area contributed by atoms with Gasteiger partial charge in [-0.25, -0.2) is 0 Å². The van der Waals surface area contributed by atoms with E-state index in [4.69, 9.17) is 14.2 Å². The molecule has 0 spiro atoms. The van der Waals surface area contributed by atoms with E-state index in [1.165, 1.54) is 0 Å². The first-order valence-corrected chi connectivity index (χ1v) is 9.11. The first-order chi connectivity index (χ1) is 13.8. The smallest absolute Gasteiger partial charge is 0.169 e. The summed E-state index contributed by atoms with van der Waals surface area (Å²) in [5.41, 5.74) is 1.15. The number of hydrogen-bond donors (Lipinski definition) is 0. The van der Waals surface area contributed by atoms with Gasteiger partial charge in [0.15, 0.2) is 11.5 Å². The van der Waals surface area contributed by atoms with Gasteiger partial charge in [-0.3, -0.25) is 0 Å². The minimum atomic E-state index is 0.638. The fourth-order valence-electron chi connectivity index (χ4n) is 2.78. The van der Waals surface area contributed by atoms with Crippen LogP contribution in [0.3, 0.4) is 0 Å². The van der Waals surface area contributed by atoms with Gasteiger partial charge in [0.05, 0.1) is 0 Å². The predicted octanol–water partition coefficient (Wildman–Crippen LogP) is 7.37. The number of aryl methyl sites for hydroxylation is 1. The number of hydrogen-bond acceptors (Lipinski definition) is 3. The van der Waals surface area contributed by atoms with E-state index in [-0.39, 0.29) is 0 Å². The zero-order valence-corrected chi connectivity index (χ0v) is 15.5. The summed E-state index contributed by atoms with van der Waals surface area (Å²) < 4.78 is 18.0. The second-order valence-corrected chi connectivity index (χ2v) is 6.36. The van der Waals surface area contributed by atoms with Crippen LogP contribution in [-0.4, -0.2) is 0 Å². The molecule has 0 radical (unpaired) electrons. The third-order valence-electron chi connectivity index (χ3n) is 4.08. The largest absolute Gasteiger partial charge is 0.457 e. The van der Waals surface area contributed by atoms with Crippen molar-refractivity contribution in [2.24, 2.45) is 0 Å². The van der Waals surface area contributed by atoms with E-state index in [0.717, 1.165) is 17.1 Å². The first kappa shape index (κ1) is 17.7. The topological polar surface area (TPSA) is 27.7 Å². The summed E-state index contributed by atoms with van der Waals surface area (Å²) in [6, 6.07) is 32.8.